The monoisotopic (exact) mass is 403 g/mol. The number of anilines is 1. The van der Waals surface area contributed by atoms with Crippen LogP contribution < -0.4 is 10.1 Å². The van der Waals surface area contributed by atoms with Crippen molar-refractivity contribution in [1.82, 2.24) is 10.1 Å². The molecule has 0 radical (unpaired) electrons. The van der Waals surface area contributed by atoms with Gasteiger partial charge in [0.25, 0.3) is 0 Å². The van der Waals surface area contributed by atoms with E-state index in [1.54, 1.807) is 24.3 Å². The predicted octanol–water partition coefficient (Wildman–Crippen LogP) is 5.22. The molecule has 0 aliphatic rings. The number of nitrogens with zero attached hydrogens (tertiary/aromatic N) is 2. The van der Waals surface area contributed by atoms with Gasteiger partial charge in [-0.2, -0.15) is 4.98 Å². The summed E-state index contributed by atoms with van der Waals surface area (Å²) in [7, 11) is 0. The zero-order valence-corrected chi connectivity index (χ0v) is 16.1. The first-order valence-electron chi connectivity index (χ1n) is 9.28. The maximum absolute atomic E-state index is 13.0. The lowest BCUT2D eigenvalue weighted by molar-refractivity contribution is -0.114. The van der Waals surface area contributed by atoms with Crippen LogP contribution in [0.3, 0.4) is 0 Å². The summed E-state index contributed by atoms with van der Waals surface area (Å²) in [4.78, 5) is 15.5. The van der Waals surface area contributed by atoms with Crippen LogP contribution in [0.5, 0.6) is 11.5 Å². The normalized spacial score (nSPS) is 10.6. The lowest BCUT2D eigenvalue weighted by atomic mass is 10.1. The minimum absolute atomic E-state index is 0.113. The molecule has 0 saturated heterocycles. The van der Waals surface area contributed by atoms with Crippen molar-refractivity contribution in [1.29, 1.82) is 0 Å². The van der Waals surface area contributed by atoms with E-state index in [-0.39, 0.29) is 11.7 Å². The molecule has 1 heterocycles. The summed E-state index contributed by atoms with van der Waals surface area (Å²) in [6.45, 7) is 1.47. The maximum Gasteiger partial charge on any atom is 0.231 e. The lowest BCUT2D eigenvalue weighted by Gasteiger charge is -2.05. The number of hydrogen-bond donors (Lipinski definition) is 1. The zero-order chi connectivity index (χ0) is 20.9. The van der Waals surface area contributed by atoms with Crippen molar-refractivity contribution >= 4 is 11.6 Å². The molecule has 0 unspecified atom stereocenters. The van der Waals surface area contributed by atoms with Crippen molar-refractivity contribution in [2.75, 3.05) is 5.32 Å². The number of nitrogens with one attached hydrogen (secondary N) is 1. The average Bonchev–Trinajstić information content (AvgIpc) is 3.20. The maximum atomic E-state index is 13.0. The highest BCUT2D eigenvalue weighted by molar-refractivity contribution is 5.88. The third kappa shape index (κ3) is 4.88. The van der Waals surface area contributed by atoms with Crippen molar-refractivity contribution in [3.8, 4) is 22.9 Å². The SMILES string of the molecule is CC(=O)Nc1ccc(Cc2nc(-c3ccc(Oc4ccc(F)cc4)cc3)no2)cc1. The van der Waals surface area contributed by atoms with E-state index >= 15 is 0 Å². The molecule has 0 atom stereocenters. The second-order valence-corrected chi connectivity index (χ2v) is 6.65. The Morgan fingerprint density at radius 1 is 0.967 bits per heavy atom. The summed E-state index contributed by atoms with van der Waals surface area (Å²) >= 11 is 0. The number of rotatable bonds is 6. The Hall–Kier alpha value is -4.00. The van der Waals surface area contributed by atoms with E-state index in [0.29, 0.717) is 29.6 Å². The summed E-state index contributed by atoms with van der Waals surface area (Å²) in [5.41, 5.74) is 2.51. The van der Waals surface area contributed by atoms with E-state index in [2.05, 4.69) is 15.5 Å². The van der Waals surface area contributed by atoms with Gasteiger partial charge in [-0.15, -0.1) is 0 Å². The van der Waals surface area contributed by atoms with Crippen LogP contribution in [-0.4, -0.2) is 16.0 Å². The zero-order valence-electron chi connectivity index (χ0n) is 16.1. The fraction of sp³-hybridized carbons (Fsp3) is 0.0870. The Kier molecular flexibility index (Phi) is 5.52. The van der Waals surface area contributed by atoms with Gasteiger partial charge >= 0.3 is 0 Å². The quantitative estimate of drug-likeness (QED) is 0.478. The van der Waals surface area contributed by atoms with Crippen molar-refractivity contribution in [3.63, 3.8) is 0 Å². The molecule has 3 aromatic carbocycles. The first kappa shape index (κ1) is 19.3. The number of aromatic nitrogens is 2. The largest absolute Gasteiger partial charge is 0.457 e. The summed E-state index contributed by atoms with van der Waals surface area (Å²) in [5, 5.41) is 6.76. The van der Waals surface area contributed by atoms with E-state index in [4.69, 9.17) is 9.26 Å². The highest BCUT2D eigenvalue weighted by atomic mass is 19.1. The predicted molar refractivity (Wildman–Crippen MR) is 110 cm³/mol. The Morgan fingerprint density at radius 2 is 1.60 bits per heavy atom. The molecule has 30 heavy (non-hydrogen) atoms. The fourth-order valence-corrected chi connectivity index (χ4v) is 2.84. The first-order valence-corrected chi connectivity index (χ1v) is 9.28. The van der Waals surface area contributed by atoms with Gasteiger partial charge in [-0.25, -0.2) is 4.39 Å². The van der Waals surface area contributed by atoms with Gasteiger partial charge < -0.3 is 14.6 Å². The third-order valence-electron chi connectivity index (χ3n) is 4.26. The fourth-order valence-electron chi connectivity index (χ4n) is 2.84. The number of carbonyl (C=O) groups excluding carboxylic acids is 1. The molecular formula is C23H18FN3O3. The van der Waals surface area contributed by atoms with Crippen LogP contribution in [0.2, 0.25) is 0 Å². The molecule has 0 saturated carbocycles. The third-order valence-corrected chi connectivity index (χ3v) is 4.26. The Labute approximate surface area is 172 Å². The molecule has 4 rings (SSSR count). The number of carbonyl (C=O) groups is 1. The number of hydrogen-bond acceptors (Lipinski definition) is 5. The van der Waals surface area contributed by atoms with Gasteiger partial charge in [-0.1, -0.05) is 17.3 Å². The molecule has 6 nitrogen and oxygen atoms in total. The van der Waals surface area contributed by atoms with Crippen molar-refractivity contribution in [2.45, 2.75) is 13.3 Å². The summed E-state index contributed by atoms with van der Waals surface area (Å²) < 4.78 is 24.0. The molecule has 7 heteroatoms. The number of amides is 1. The summed E-state index contributed by atoms with van der Waals surface area (Å²) in [5.74, 6) is 1.72. The van der Waals surface area contributed by atoms with Gasteiger partial charge in [-0.3, -0.25) is 4.79 Å². The highest BCUT2D eigenvalue weighted by Gasteiger charge is 2.10. The average molecular weight is 403 g/mol. The molecule has 0 spiro atoms. The summed E-state index contributed by atoms with van der Waals surface area (Å²) in [6, 6.07) is 20.5. The van der Waals surface area contributed by atoms with E-state index in [1.165, 1.54) is 19.1 Å². The second kappa shape index (κ2) is 8.57. The van der Waals surface area contributed by atoms with Gasteiger partial charge in [0.15, 0.2) is 0 Å². The lowest BCUT2D eigenvalue weighted by Crippen LogP contribution is -2.05. The number of ether oxygens (including phenoxy) is 1. The van der Waals surface area contributed by atoms with Gasteiger partial charge in [0.05, 0.1) is 6.42 Å². The van der Waals surface area contributed by atoms with Crippen LogP contribution in [0.15, 0.2) is 77.3 Å². The van der Waals surface area contributed by atoms with Gasteiger partial charge in [0.2, 0.25) is 17.6 Å². The summed E-state index contributed by atoms with van der Waals surface area (Å²) in [6.07, 6.45) is 0.485. The number of halogens is 1. The van der Waals surface area contributed by atoms with Crippen molar-refractivity contribution in [3.05, 3.63) is 90.1 Å². The molecule has 0 aliphatic carbocycles. The van der Waals surface area contributed by atoms with Crippen LogP contribution in [0.25, 0.3) is 11.4 Å². The molecule has 0 fully saturated rings. The standard InChI is InChI=1S/C23H18FN3O3/c1-15(28)25-19-8-2-16(3-9-19)14-22-26-23(27-30-22)17-4-10-20(11-5-17)29-21-12-6-18(24)7-13-21/h2-13H,14H2,1H3,(H,25,28). The minimum atomic E-state index is -0.311. The van der Waals surface area contributed by atoms with Gasteiger partial charge in [-0.05, 0) is 66.2 Å². The molecule has 150 valence electrons. The van der Waals surface area contributed by atoms with Crippen LogP contribution in [0, 0.1) is 5.82 Å². The molecule has 0 bridgehead atoms. The highest BCUT2D eigenvalue weighted by Crippen LogP contribution is 2.25. The molecule has 0 aliphatic heterocycles. The number of benzene rings is 3. The van der Waals surface area contributed by atoms with E-state index in [9.17, 15) is 9.18 Å². The minimum Gasteiger partial charge on any atom is -0.457 e. The molecule has 4 aromatic rings. The van der Waals surface area contributed by atoms with E-state index in [0.717, 1.165) is 16.8 Å². The Morgan fingerprint density at radius 3 is 2.23 bits per heavy atom. The molecule has 1 amide bonds. The second-order valence-electron chi connectivity index (χ2n) is 6.65. The van der Waals surface area contributed by atoms with Crippen molar-refractivity contribution in [2.24, 2.45) is 0 Å². The molecule has 1 N–H and O–H groups in total. The molecular weight excluding hydrogens is 385 g/mol. The van der Waals surface area contributed by atoms with Gasteiger partial charge in [0.1, 0.15) is 17.3 Å². The van der Waals surface area contributed by atoms with Crippen LogP contribution >= 0.6 is 0 Å². The Bertz CT molecular complexity index is 1140. The molecule has 1 aromatic heterocycles. The van der Waals surface area contributed by atoms with Crippen LogP contribution in [0.1, 0.15) is 18.4 Å². The van der Waals surface area contributed by atoms with E-state index < -0.39 is 0 Å². The van der Waals surface area contributed by atoms with Crippen molar-refractivity contribution < 1.29 is 18.4 Å². The topological polar surface area (TPSA) is 77.2 Å². The van der Waals surface area contributed by atoms with E-state index in [1.807, 2.05) is 36.4 Å². The Balaban J connectivity index is 1.40. The van der Waals surface area contributed by atoms with Crippen LogP contribution in [0.4, 0.5) is 10.1 Å². The first-order chi connectivity index (χ1) is 14.5. The van der Waals surface area contributed by atoms with Gasteiger partial charge in [0, 0.05) is 18.2 Å². The van der Waals surface area contributed by atoms with Crippen LogP contribution in [-0.2, 0) is 11.2 Å². The smallest absolute Gasteiger partial charge is 0.231 e.